The van der Waals surface area contributed by atoms with Gasteiger partial charge in [0.15, 0.2) is 5.82 Å². The van der Waals surface area contributed by atoms with Crippen molar-refractivity contribution in [3.05, 3.63) is 11.7 Å². The van der Waals surface area contributed by atoms with Crippen LogP contribution in [0.4, 0.5) is 0 Å². The summed E-state index contributed by atoms with van der Waals surface area (Å²) >= 11 is 0. The molecule has 130 valence electrons. The molecule has 0 saturated carbocycles. The Morgan fingerprint density at radius 3 is 2.61 bits per heavy atom. The van der Waals surface area contributed by atoms with Crippen LogP contribution in [0.15, 0.2) is 4.52 Å². The molecule has 1 fully saturated rings. The van der Waals surface area contributed by atoms with Crippen LogP contribution in [0.1, 0.15) is 31.5 Å². The maximum Gasteiger partial charge on any atom is 0.303 e. The van der Waals surface area contributed by atoms with Crippen molar-refractivity contribution in [2.45, 2.75) is 32.7 Å². The Bertz CT molecular complexity index is 622. The van der Waals surface area contributed by atoms with Crippen LogP contribution >= 0.6 is 0 Å². The zero-order valence-electron chi connectivity index (χ0n) is 13.1. The first-order valence-corrected chi connectivity index (χ1v) is 9.25. The summed E-state index contributed by atoms with van der Waals surface area (Å²) in [7, 11) is -3.14. The number of hydrogen-bond donors (Lipinski definition) is 1. The van der Waals surface area contributed by atoms with E-state index in [4.69, 9.17) is 9.63 Å². The van der Waals surface area contributed by atoms with Gasteiger partial charge in [0.05, 0.1) is 18.7 Å². The fraction of sp³-hybridized carbons (Fsp3) is 0.769. The highest BCUT2D eigenvalue weighted by atomic mass is 32.2. The molecule has 0 aromatic carbocycles. The fourth-order valence-corrected chi connectivity index (χ4v) is 3.92. The molecule has 10 heteroatoms. The average molecular weight is 346 g/mol. The van der Waals surface area contributed by atoms with Crippen molar-refractivity contribution in [2.24, 2.45) is 0 Å². The van der Waals surface area contributed by atoms with E-state index in [9.17, 15) is 13.2 Å². The molecule has 0 atom stereocenters. The van der Waals surface area contributed by atoms with Crippen LogP contribution in [0.25, 0.3) is 0 Å². The maximum absolute atomic E-state index is 12.0. The second kappa shape index (κ2) is 7.84. The third kappa shape index (κ3) is 5.26. The number of sulfonamides is 1. The van der Waals surface area contributed by atoms with Crippen molar-refractivity contribution in [3.8, 4) is 0 Å². The van der Waals surface area contributed by atoms with Crippen LogP contribution in [-0.2, 0) is 27.8 Å². The lowest BCUT2D eigenvalue weighted by atomic mass is 10.3. The molecule has 1 saturated heterocycles. The predicted octanol–water partition coefficient (Wildman–Crippen LogP) is -0.0558. The van der Waals surface area contributed by atoms with Crippen LogP contribution < -0.4 is 0 Å². The van der Waals surface area contributed by atoms with Gasteiger partial charge in [-0.15, -0.1) is 0 Å². The van der Waals surface area contributed by atoms with Gasteiger partial charge in [0.25, 0.3) is 0 Å². The summed E-state index contributed by atoms with van der Waals surface area (Å²) in [6.07, 6.45) is 0.783. The van der Waals surface area contributed by atoms with Gasteiger partial charge in [-0.2, -0.15) is 9.29 Å². The maximum atomic E-state index is 12.0. The lowest BCUT2D eigenvalue weighted by Crippen LogP contribution is -2.48. The molecule has 23 heavy (non-hydrogen) atoms. The van der Waals surface area contributed by atoms with E-state index in [1.165, 1.54) is 4.31 Å². The number of hydrogen-bond acceptors (Lipinski definition) is 7. The highest BCUT2D eigenvalue weighted by Gasteiger charge is 2.26. The van der Waals surface area contributed by atoms with Crippen LogP contribution in [0.3, 0.4) is 0 Å². The molecule has 0 unspecified atom stereocenters. The largest absolute Gasteiger partial charge is 0.481 e. The summed E-state index contributed by atoms with van der Waals surface area (Å²) in [5.41, 5.74) is 0. The van der Waals surface area contributed by atoms with Gasteiger partial charge in [-0.1, -0.05) is 12.1 Å². The Morgan fingerprint density at radius 2 is 2.00 bits per heavy atom. The second-order valence-corrected chi connectivity index (χ2v) is 7.58. The second-order valence-electron chi connectivity index (χ2n) is 5.49. The zero-order chi connectivity index (χ0) is 16.9. The molecular formula is C13H22N4O5S. The number of carboxylic acid groups (broad SMARTS) is 1. The van der Waals surface area contributed by atoms with E-state index >= 15 is 0 Å². The molecule has 0 bridgehead atoms. The Kier molecular flexibility index (Phi) is 6.08. The number of aryl methyl sites for hydroxylation is 1. The molecule has 0 radical (unpaired) electrons. The van der Waals surface area contributed by atoms with Crippen LogP contribution in [-0.4, -0.2) is 70.8 Å². The summed E-state index contributed by atoms with van der Waals surface area (Å²) < 4.78 is 30.5. The third-order valence-electron chi connectivity index (χ3n) is 3.61. The number of rotatable bonds is 8. The summed E-state index contributed by atoms with van der Waals surface area (Å²) in [4.78, 5) is 16.7. The highest BCUT2D eigenvalue weighted by molar-refractivity contribution is 7.89. The monoisotopic (exact) mass is 346 g/mol. The number of piperazine rings is 1. The lowest BCUT2D eigenvalue weighted by Gasteiger charge is -2.33. The molecule has 2 heterocycles. The molecule has 1 aromatic rings. The Hall–Kier alpha value is -1.52. The van der Waals surface area contributed by atoms with Gasteiger partial charge in [0.1, 0.15) is 0 Å². The van der Waals surface area contributed by atoms with E-state index in [1.54, 1.807) is 0 Å². The Morgan fingerprint density at radius 1 is 1.30 bits per heavy atom. The van der Waals surface area contributed by atoms with Crippen molar-refractivity contribution >= 4 is 16.0 Å². The number of nitrogens with zero attached hydrogens (tertiary/aromatic N) is 4. The number of carboxylic acids is 1. The van der Waals surface area contributed by atoms with E-state index in [0.29, 0.717) is 50.9 Å². The molecule has 9 nitrogen and oxygen atoms in total. The van der Waals surface area contributed by atoms with Crippen molar-refractivity contribution in [2.75, 3.05) is 31.9 Å². The molecule has 1 N–H and O–H groups in total. The normalized spacial score (nSPS) is 17.4. The predicted molar refractivity (Wildman–Crippen MR) is 81.2 cm³/mol. The zero-order valence-corrected chi connectivity index (χ0v) is 14.0. The third-order valence-corrected chi connectivity index (χ3v) is 5.69. The molecule has 2 rings (SSSR count). The van der Waals surface area contributed by atoms with Gasteiger partial charge in [-0.3, -0.25) is 9.69 Å². The molecule has 0 spiro atoms. The van der Waals surface area contributed by atoms with Gasteiger partial charge in [-0.05, 0) is 6.42 Å². The molecular weight excluding hydrogens is 324 g/mol. The molecule has 1 aliphatic rings. The first kappa shape index (κ1) is 17.8. The smallest absolute Gasteiger partial charge is 0.303 e. The molecule has 1 aromatic heterocycles. The fourth-order valence-electron chi connectivity index (χ4n) is 2.42. The van der Waals surface area contributed by atoms with Crippen molar-refractivity contribution < 1.29 is 22.8 Å². The van der Waals surface area contributed by atoms with Gasteiger partial charge < -0.3 is 9.63 Å². The molecule has 0 aliphatic carbocycles. The topological polar surface area (TPSA) is 117 Å². The SMILES string of the molecule is CCCS(=O)(=O)N1CCN(Cc2noc(CCC(=O)O)n2)CC1. The first-order valence-electron chi connectivity index (χ1n) is 7.64. The van der Waals surface area contributed by atoms with E-state index < -0.39 is 16.0 Å². The van der Waals surface area contributed by atoms with Crippen molar-refractivity contribution in [1.29, 1.82) is 0 Å². The first-order chi connectivity index (χ1) is 10.9. The van der Waals surface area contributed by atoms with Gasteiger partial charge in [-0.25, -0.2) is 8.42 Å². The van der Waals surface area contributed by atoms with E-state index in [1.807, 2.05) is 6.92 Å². The molecule has 1 aliphatic heterocycles. The van der Waals surface area contributed by atoms with Crippen LogP contribution in [0.5, 0.6) is 0 Å². The van der Waals surface area contributed by atoms with E-state index in [2.05, 4.69) is 15.0 Å². The van der Waals surface area contributed by atoms with E-state index in [0.717, 1.165) is 0 Å². The van der Waals surface area contributed by atoms with Crippen molar-refractivity contribution in [1.82, 2.24) is 19.3 Å². The highest BCUT2D eigenvalue weighted by Crippen LogP contribution is 2.11. The standard InChI is InChI=1S/C13H22N4O5S/c1-2-9-23(20,21)17-7-5-16(6-8-17)10-11-14-12(22-15-11)3-4-13(18)19/h2-10H2,1H3,(H,18,19). The number of carbonyl (C=O) groups is 1. The minimum atomic E-state index is -3.14. The van der Waals surface area contributed by atoms with Gasteiger partial charge in [0, 0.05) is 32.6 Å². The summed E-state index contributed by atoms with van der Waals surface area (Å²) in [6.45, 7) is 4.48. The summed E-state index contributed by atoms with van der Waals surface area (Å²) in [6, 6.07) is 0. The summed E-state index contributed by atoms with van der Waals surface area (Å²) in [5.74, 6) is 0.0843. The van der Waals surface area contributed by atoms with Gasteiger partial charge >= 0.3 is 5.97 Å². The average Bonchev–Trinajstić information content (AvgIpc) is 2.93. The van der Waals surface area contributed by atoms with Crippen LogP contribution in [0, 0.1) is 0 Å². The number of aliphatic carboxylic acids is 1. The Balaban J connectivity index is 1.81. The van der Waals surface area contributed by atoms with Crippen molar-refractivity contribution in [3.63, 3.8) is 0 Å². The molecule has 0 amide bonds. The Labute approximate surface area is 135 Å². The van der Waals surface area contributed by atoms with Crippen LogP contribution in [0.2, 0.25) is 0 Å². The number of aromatic nitrogens is 2. The summed E-state index contributed by atoms with van der Waals surface area (Å²) in [5, 5.41) is 12.5. The minimum absolute atomic E-state index is 0.0460. The lowest BCUT2D eigenvalue weighted by molar-refractivity contribution is -0.137. The minimum Gasteiger partial charge on any atom is -0.481 e. The quantitative estimate of drug-likeness (QED) is 0.696. The van der Waals surface area contributed by atoms with Gasteiger partial charge in [0.2, 0.25) is 15.9 Å². The van der Waals surface area contributed by atoms with E-state index in [-0.39, 0.29) is 18.6 Å².